The zero-order chi connectivity index (χ0) is 17.9. The fourth-order valence-electron chi connectivity index (χ4n) is 1.93. The van der Waals surface area contributed by atoms with Crippen molar-refractivity contribution in [1.29, 1.82) is 0 Å². The highest BCUT2D eigenvalue weighted by Crippen LogP contribution is 2.25. The van der Waals surface area contributed by atoms with Gasteiger partial charge in [-0.2, -0.15) is 4.72 Å². The fraction of sp³-hybridized carbons (Fsp3) is 0.154. The van der Waals surface area contributed by atoms with E-state index in [9.17, 15) is 13.2 Å². The number of rotatable bonds is 5. The van der Waals surface area contributed by atoms with Crippen LogP contribution < -0.4 is 15.8 Å². The van der Waals surface area contributed by atoms with E-state index >= 15 is 0 Å². The summed E-state index contributed by atoms with van der Waals surface area (Å²) in [6.45, 7) is 1.23. The number of sulfonamides is 1. The number of aliphatic carboxylic acids is 1. The van der Waals surface area contributed by atoms with Crippen LogP contribution in [0.2, 0.25) is 0 Å². The maximum atomic E-state index is 12.2. The van der Waals surface area contributed by atoms with Gasteiger partial charge in [-0.15, -0.1) is 16.9 Å². The number of hydrogen-bond acceptors (Lipinski definition) is 5. The molecule has 9 nitrogen and oxygen atoms in total. The van der Waals surface area contributed by atoms with Crippen LogP contribution in [0.25, 0.3) is 10.8 Å². The van der Waals surface area contributed by atoms with Gasteiger partial charge in [0, 0.05) is 28.7 Å². The third-order valence-corrected chi connectivity index (χ3v) is 4.82. The summed E-state index contributed by atoms with van der Waals surface area (Å²) >= 11 is 5.26. The first-order chi connectivity index (χ1) is 11.2. The second kappa shape index (κ2) is 8.30. The van der Waals surface area contributed by atoms with E-state index in [1.54, 1.807) is 6.07 Å². The smallest absolute Gasteiger partial charge is 0.321 e. The Morgan fingerprint density at radius 3 is 2.68 bits per heavy atom. The molecule has 5 N–H and O–H groups in total. The fourth-order valence-corrected chi connectivity index (χ4v) is 3.21. The van der Waals surface area contributed by atoms with Gasteiger partial charge < -0.3 is 16.2 Å². The number of carboxylic acids is 1. The number of pyridine rings is 1. The molecule has 1 aromatic carbocycles. The van der Waals surface area contributed by atoms with Crippen molar-refractivity contribution in [1.82, 2.24) is 9.71 Å². The third-order valence-electron chi connectivity index (χ3n) is 3.10. The Morgan fingerprint density at radius 1 is 1.40 bits per heavy atom. The van der Waals surface area contributed by atoms with E-state index in [-0.39, 0.29) is 23.3 Å². The van der Waals surface area contributed by atoms with Gasteiger partial charge in [-0.05, 0) is 19.1 Å². The molecule has 0 unspecified atom stereocenters. The van der Waals surface area contributed by atoms with Crippen LogP contribution in [0, 0.1) is 0 Å². The lowest BCUT2D eigenvalue weighted by Gasteiger charge is -2.12. The maximum Gasteiger partial charge on any atom is 0.321 e. The van der Waals surface area contributed by atoms with Gasteiger partial charge in [0.1, 0.15) is 6.04 Å². The minimum absolute atomic E-state index is 0. The second-order valence-corrected chi connectivity index (χ2v) is 6.73. The van der Waals surface area contributed by atoms with Crippen molar-refractivity contribution < 1.29 is 18.3 Å². The molecular weight excluding hydrogens is 393 g/mol. The number of nitrogens with two attached hydrogens (primary N) is 1. The number of aromatic nitrogens is 1. The molecule has 0 aliphatic carbocycles. The standard InChI is InChI=1S/C13H14ClN5O4S.ClH/c1-7(12(20)21)19-24(22,23)9-2-3-10-8(4-9)5-16-6-11(10)17-13(15)18-14;/h2-7,19H,1H3,(H,20,21)(H3,15,17,18);1H/t7-;/m1./s1. The SMILES string of the molecule is C[C@@H](NS(=O)(=O)c1ccc2c(NC(N)=NCl)cncc2c1)C(=O)O.Cl. The monoisotopic (exact) mass is 407 g/mol. The highest BCUT2D eigenvalue weighted by atomic mass is 35.5. The number of carbonyl (C=O) groups is 1. The summed E-state index contributed by atoms with van der Waals surface area (Å²) in [5.41, 5.74) is 5.99. The number of nitrogens with zero attached hydrogens (tertiary/aromatic N) is 2. The summed E-state index contributed by atoms with van der Waals surface area (Å²) in [6, 6.07) is 3.01. The summed E-state index contributed by atoms with van der Waals surface area (Å²) in [4.78, 5) is 14.7. The lowest BCUT2D eigenvalue weighted by atomic mass is 10.1. The van der Waals surface area contributed by atoms with E-state index in [0.29, 0.717) is 16.5 Å². The predicted octanol–water partition coefficient (Wildman–Crippen LogP) is 1.29. The quantitative estimate of drug-likeness (QED) is 0.431. The number of carboxylic acid groups (broad SMARTS) is 1. The van der Waals surface area contributed by atoms with Crippen LogP contribution in [0.3, 0.4) is 0 Å². The Labute approximate surface area is 154 Å². The van der Waals surface area contributed by atoms with Crippen LogP contribution in [-0.2, 0) is 14.8 Å². The number of benzene rings is 1. The van der Waals surface area contributed by atoms with Gasteiger partial charge in [0.25, 0.3) is 0 Å². The maximum absolute atomic E-state index is 12.2. The largest absolute Gasteiger partial charge is 0.480 e. The Morgan fingerprint density at radius 2 is 2.08 bits per heavy atom. The van der Waals surface area contributed by atoms with Crippen LogP contribution in [0.5, 0.6) is 0 Å². The second-order valence-electron chi connectivity index (χ2n) is 4.85. The van der Waals surface area contributed by atoms with Gasteiger partial charge >= 0.3 is 5.97 Å². The van der Waals surface area contributed by atoms with Crippen LogP contribution in [-0.4, -0.2) is 36.5 Å². The molecule has 0 aliphatic rings. The molecule has 0 spiro atoms. The number of nitrogens with one attached hydrogen (secondary N) is 2. The topological polar surface area (TPSA) is 147 Å². The summed E-state index contributed by atoms with van der Waals surface area (Å²) < 4.78 is 29.8. The van der Waals surface area contributed by atoms with Crippen molar-refractivity contribution in [3.05, 3.63) is 30.6 Å². The Balaban J connectivity index is 0.00000312. The van der Waals surface area contributed by atoms with E-state index in [0.717, 1.165) is 0 Å². The molecule has 0 amide bonds. The van der Waals surface area contributed by atoms with Gasteiger partial charge in [0.2, 0.25) is 16.0 Å². The number of hydrogen-bond donors (Lipinski definition) is 4. The first-order valence-corrected chi connectivity index (χ1v) is 8.41. The Hall–Kier alpha value is -2.14. The summed E-state index contributed by atoms with van der Waals surface area (Å²) in [6.07, 6.45) is 2.95. The van der Waals surface area contributed by atoms with Crippen molar-refractivity contribution in [3.63, 3.8) is 0 Å². The third kappa shape index (κ3) is 4.92. The van der Waals surface area contributed by atoms with Crippen LogP contribution in [0.4, 0.5) is 5.69 Å². The molecule has 0 bridgehead atoms. The van der Waals surface area contributed by atoms with Crippen LogP contribution >= 0.6 is 24.2 Å². The zero-order valence-electron chi connectivity index (χ0n) is 12.8. The molecule has 1 aromatic heterocycles. The minimum atomic E-state index is -3.99. The average Bonchev–Trinajstić information content (AvgIpc) is 2.54. The first kappa shape index (κ1) is 20.9. The van der Waals surface area contributed by atoms with Gasteiger partial charge in [-0.25, -0.2) is 8.42 Å². The van der Waals surface area contributed by atoms with Crippen LogP contribution in [0.1, 0.15) is 6.92 Å². The van der Waals surface area contributed by atoms with Crippen molar-refractivity contribution in [2.24, 2.45) is 10.2 Å². The number of anilines is 1. The molecule has 0 radical (unpaired) electrons. The number of fused-ring (bicyclic) bond motifs is 1. The molecule has 2 aromatic rings. The molecule has 1 atom stereocenters. The van der Waals surface area contributed by atoms with Crippen molar-refractivity contribution in [2.75, 3.05) is 5.32 Å². The molecular formula is C13H15Cl2N5O4S. The average molecular weight is 408 g/mol. The lowest BCUT2D eigenvalue weighted by Crippen LogP contribution is -2.38. The molecule has 0 aliphatic heterocycles. The van der Waals surface area contributed by atoms with E-state index in [1.807, 2.05) is 0 Å². The summed E-state index contributed by atoms with van der Waals surface area (Å²) in [5.74, 6) is -1.32. The van der Waals surface area contributed by atoms with E-state index < -0.39 is 22.0 Å². The normalized spacial score (nSPS) is 13.1. The molecule has 0 fully saturated rings. The van der Waals surface area contributed by atoms with Crippen molar-refractivity contribution in [3.8, 4) is 0 Å². The molecule has 0 saturated heterocycles. The Bertz CT molecular complexity index is 920. The van der Waals surface area contributed by atoms with E-state index in [4.69, 9.17) is 22.6 Å². The molecule has 1 heterocycles. The highest BCUT2D eigenvalue weighted by Gasteiger charge is 2.21. The molecule has 2 rings (SSSR count). The minimum Gasteiger partial charge on any atom is -0.480 e. The van der Waals surface area contributed by atoms with E-state index in [2.05, 4.69) is 19.5 Å². The highest BCUT2D eigenvalue weighted by molar-refractivity contribution is 7.89. The van der Waals surface area contributed by atoms with E-state index in [1.165, 1.54) is 31.5 Å². The van der Waals surface area contributed by atoms with Crippen molar-refractivity contribution in [2.45, 2.75) is 17.9 Å². The van der Waals surface area contributed by atoms with Gasteiger partial charge in [-0.1, -0.05) is 6.07 Å². The number of halogens is 2. The summed E-state index contributed by atoms with van der Waals surface area (Å²) in [7, 11) is -3.99. The van der Waals surface area contributed by atoms with Gasteiger partial charge in [0.15, 0.2) is 0 Å². The predicted molar refractivity (Wildman–Crippen MR) is 97.5 cm³/mol. The van der Waals surface area contributed by atoms with Gasteiger partial charge in [0.05, 0.1) is 16.8 Å². The molecule has 136 valence electrons. The van der Waals surface area contributed by atoms with Crippen molar-refractivity contribution >= 4 is 62.6 Å². The van der Waals surface area contributed by atoms with Gasteiger partial charge in [-0.3, -0.25) is 9.78 Å². The van der Waals surface area contributed by atoms with Crippen LogP contribution in [0.15, 0.2) is 40.0 Å². The molecule has 0 saturated carbocycles. The molecule has 12 heteroatoms. The summed E-state index contributed by atoms with van der Waals surface area (Å²) in [5, 5.41) is 12.7. The Kier molecular flexibility index (Phi) is 6.94. The first-order valence-electron chi connectivity index (χ1n) is 6.59. The zero-order valence-corrected chi connectivity index (χ0v) is 15.2. The number of guanidine groups is 1. The molecule has 25 heavy (non-hydrogen) atoms. The lowest BCUT2D eigenvalue weighted by molar-refractivity contribution is -0.138.